The van der Waals surface area contributed by atoms with Crippen molar-refractivity contribution in [3.63, 3.8) is 0 Å². The van der Waals surface area contributed by atoms with E-state index in [1.165, 1.54) is 18.5 Å². The smallest absolute Gasteiger partial charge is 0.253 e. The molecule has 1 heterocycles. The highest BCUT2D eigenvalue weighted by molar-refractivity contribution is 6.30. The van der Waals surface area contributed by atoms with Crippen molar-refractivity contribution in [2.24, 2.45) is 0 Å². The Kier molecular flexibility index (Phi) is 6.11. The van der Waals surface area contributed by atoms with Gasteiger partial charge in [-0.3, -0.25) is 14.6 Å². The van der Waals surface area contributed by atoms with Gasteiger partial charge in [0.15, 0.2) is 0 Å². The van der Waals surface area contributed by atoms with Gasteiger partial charge in [-0.05, 0) is 30.2 Å². The zero-order chi connectivity index (χ0) is 16.7. The summed E-state index contributed by atoms with van der Waals surface area (Å²) in [5, 5.41) is 6.19. The minimum absolute atomic E-state index is 0.230. The molecule has 0 fully saturated rings. The van der Waals surface area contributed by atoms with Crippen LogP contribution in [0.1, 0.15) is 39.6 Å². The maximum atomic E-state index is 12.2. The van der Waals surface area contributed by atoms with Crippen LogP contribution in [0.4, 0.5) is 0 Å². The standard InChI is InChI=1S/C17H18ClN3O2/c1-2-7-20-16(22)13-8-14(11-19-10-13)17(23)21-9-12-3-5-15(18)6-4-12/h3-6,8,10-11H,2,7,9H2,1H3,(H,20,22)(H,21,23). The van der Waals surface area contributed by atoms with E-state index in [4.69, 9.17) is 11.6 Å². The van der Waals surface area contributed by atoms with Gasteiger partial charge in [0.1, 0.15) is 0 Å². The first-order valence-electron chi connectivity index (χ1n) is 7.36. The van der Waals surface area contributed by atoms with E-state index in [1.807, 2.05) is 19.1 Å². The number of pyridine rings is 1. The van der Waals surface area contributed by atoms with Crippen LogP contribution in [0.25, 0.3) is 0 Å². The number of aromatic nitrogens is 1. The third-order valence-corrected chi connectivity index (χ3v) is 3.42. The zero-order valence-electron chi connectivity index (χ0n) is 12.8. The Hall–Kier alpha value is -2.40. The highest BCUT2D eigenvalue weighted by atomic mass is 35.5. The summed E-state index contributed by atoms with van der Waals surface area (Å²) in [7, 11) is 0. The number of rotatable bonds is 6. The number of carbonyl (C=O) groups excluding carboxylic acids is 2. The lowest BCUT2D eigenvalue weighted by Crippen LogP contribution is -2.26. The van der Waals surface area contributed by atoms with Gasteiger partial charge in [-0.2, -0.15) is 0 Å². The fourth-order valence-electron chi connectivity index (χ4n) is 1.92. The van der Waals surface area contributed by atoms with E-state index in [9.17, 15) is 9.59 Å². The molecule has 2 rings (SSSR count). The molecule has 0 saturated heterocycles. The summed E-state index contributed by atoms with van der Waals surface area (Å²) in [6.07, 6.45) is 3.73. The van der Waals surface area contributed by atoms with Gasteiger partial charge in [0, 0.05) is 30.5 Å². The van der Waals surface area contributed by atoms with Gasteiger partial charge >= 0.3 is 0 Å². The Morgan fingerprint density at radius 3 is 2.26 bits per heavy atom. The number of benzene rings is 1. The Bertz CT molecular complexity index is 686. The minimum Gasteiger partial charge on any atom is -0.352 e. The Morgan fingerprint density at radius 2 is 1.65 bits per heavy atom. The van der Waals surface area contributed by atoms with Crippen molar-refractivity contribution in [3.8, 4) is 0 Å². The lowest BCUT2D eigenvalue weighted by molar-refractivity contribution is 0.0950. The molecule has 1 aromatic heterocycles. The first-order valence-corrected chi connectivity index (χ1v) is 7.74. The van der Waals surface area contributed by atoms with E-state index < -0.39 is 0 Å². The maximum Gasteiger partial charge on any atom is 0.253 e. The molecule has 5 nitrogen and oxygen atoms in total. The molecule has 0 radical (unpaired) electrons. The summed E-state index contributed by atoms with van der Waals surface area (Å²) in [4.78, 5) is 28.0. The number of nitrogens with one attached hydrogen (secondary N) is 2. The molecule has 120 valence electrons. The highest BCUT2D eigenvalue weighted by Gasteiger charge is 2.10. The van der Waals surface area contributed by atoms with Gasteiger partial charge in [-0.15, -0.1) is 0 Å². The second-order valence-corrected chi connectivity index (χ2v) is 5.46. The molecule has 0 saturated carbocycles. The molecule has 6 heteroatoms. The van der Waals surface area contributed by atoms with Crippen LogP contribution in [0.3, 0.4) is 0 Å². The van der Waals surface area contributed by atoms with E-state index in [2.05, 4.69) is 15.6 Å². The van der Waals surface area contributed by atoms with Crippen molar-refractivity contribution in [3.05, 3.63) is 64.4 Å². The van der Waals surface area contributed by atoms with Crippen LogP contribution in [0.2, 0.25) is 5.02 Å². The number of hydrogen-bond acceptors (Lipinski definition) is 3. The summed E-state index contributed by atoms with van der Waals surface area (Å²) in [6.45, 7) is 2.94. The normalized spacial score (nSPS) is 10.2. The second kappa shape index (κ2) is 8.29. The molecule has 2 aromatic rings. The summed E-state index contributed by atoms with van der Waals surface area (Å²) in [5.41, 5.74) is 1.66. The molecule has 2 amide bonds. The third kappa shape index (κ3) is 5.07. The predicted molar refractivity (Wildman–Crippen MR) is 89.5 cm³/mol. The van der Waals surface area contributed by atoms with E-state index in [1.54, 1.807) is 12.1 Å². The van der Waals surface area contributed by atoms with E-state index in [-0.39, 0.29) is 11.8 Å². The average Bonchev–Trinajstić information content (AvgIpc) is 2.59. The average molecular weight is 332 g/mol. The lowest BCUT2D eigenvalue weighted by atomic mass is 10.1. The molecule has 0 spiro atoms. The molecule has 0 bridgehead atoms. The van der Waals surface area contributed by atoms with Crippen molar-refractivity contribution in [2.45, 2.75) is 19.9 Å². The molecule has 0 aliphatic carbocycles. The number of carbonyl (C=O) groups is 2. The molecule has 2 N–H and O–H groups in total. The van der Waals surface area contributed by atoms with Crippen LogP contribution >= 0.6 is 11.6 Å². The SMILES string of the molecule is CCCNC(=O)c1cncc(C(=O)NCc2ccc(Cl)cc2)c1. The lowest BCUT2D eigenvalue weighted by Gasteiger charge is -2.07. The highest BCUT2D eigenvalue weighted by Crippen LogP contribution is 2.09. The summed E-state index contributed by atoms with van der Waals surface area (Å²) in [6, 6.07) is 8.76. The molecule has 0 atom stereocenters. The van der Waals surface area contributed by atoms with Crippen LogP contribution in [0, 0.1) is 0 Å². The first-order chi connectivity index (χ1) is 11.1. The first kappa shape index (κ1) is 17.0. The van der Waals surface area contributed by atoms with Crippen molar-refractivity contribution >= 4 is 23.4 Å². The minimum atomic E-state index is -0.280. The molecule has 0 aliphatic heterocycles. The van der Waals surface area contributed by atoms with Gasteiger partial charge in [0.2, 0.25) is 0 Å². The van der Waals surface area contributed by atoms with Crippen molar-refractivity contribution < 1.29 is 9.59 Å². The molecule has 23 heavy (non-hydrogen) atoms. The number of amides is 2. The molecule has 0 unspecified atom stereocenters. The molecular formula is C17H18ClN3O2. The van der Waals surface area contributed by atoms with E-state index >= 15 is 0 Å². The number of halogens is 1. The van der Waals surface area contributed by atoms with E-state index in [0.717, 1.165) is 12.0 Å². The van der Waals surface area contributed by atoms with Gasteiger partial charge in [-0.25, -0.2) is 0 Å². The molecule has 1 aromatic carbocycles. The van der Waals surface area contributed by atoms with Crippen LogP contribution < -0.4 is 10.6 Å². The summed E-state index contributed by atoms with van der Waals surface area (Å²) < 4.78 is 0. The largest absolute Gasteiger partial charge is 0.352 e. The Balaban J connectivity index is 1.99. The van der Waals surface area contributed by atoms with Crippen LogP contribution in [0.5, 0.6) is 0 Å². The summed E-state index contributed by atoms with van der Waals surface area (Å²) in [5.74, 6) is -0.510. The van der Waals surface area contributed by atoms with Crippen molar-refractivity contribution in [2.75, 3.05) is 6.54 Å². The van der Waals surface area contributed by atoms with Crippen molar-refractivity contribution in [1.82, 2.24) is 15.6 Å². The van der Waals surface area contributed by atoms with Crippen LogP contribution in [0.15, 0.2) is 42.7 Å². The number of hydrogen-bond donors (Lipinski definition) is 2. The van der Waals surface area contributed by atoms with Gasteiger partial charge < -0.3 is 10.6 Å². The predicted octanol–water partition coefficient (Wildman–Crippen LogP) is 2.80. The van der Waals surface area contributed by atoms with E-state index in [0.29, 0.717) is 29.2 Å². The number of nitrogens with zero attached hydrogens (tertiary/aromatic N) is 1. The van der Waals surface area contributed by atoms with Crippen LogP contribution in [-0.4, -0.2) is 23.3 Å². The topological polar surface area (TPSA) is 71.1 Å². The maximum absolute atomic E-state index is 12.2. The Morgan fingerprint density at radius 1 is 1.04 bits per heavy atom. The third-order valence-electron chi connectivity index (χ3n) is 3.16. The van der Waals surface area contributed by atoms with Crippen molar-refractivity contribution in [1.29, 1.82) is 0 Å². The zero-order valence-corrected chi connectivity index (χ0v) is 13.6. The summed E-state index contributed by atoms with van der Waals surface area (Å²) >= 11 is 5.82. The Labute approximate surface area is 140 Å². The quantitative estimate of drug-likeness (QED) is 0.855. The fraction of sp³-hybridized carbons (Fsp3) is 0.235. The second-order valence-electron chi connectivity index (χ2n) is 5.03. The van der Waals surface area contributed by atoms with Gasteiger partial charge in [0.05, 0.1) is 11.1 Å². The van der Waals surface area contributed by atoms with Gasteiger partial charge in [0.25, 0.3) is 11.8 Å². The van der Waals surface area contributed by atoms with Gasteiger partial charge in [-0.1, -0.05) is 30.7 Å². The molecule has 0 aliphatic rings. The monoisotopic (exact) mass is 331 g/mol. The molecular weight excluding hydrogens is 314 g/mol. The fourth-order valence-corrected chi connectivity index (χ4v) is 2.04. The van der Waals surface area contributed by atoms with Crippen LogP contribution in [-0.2, 0) is 6.54 Å².